The highest BCUT2D eigenvalue weighted by atomic mass is 32.1. The number of nitrogens with one attached hydrogen (secondary N) is 1. The number of nitrogens with zero attached hydrogens (tertiary/aromatic N) is 2. The molecule has 0 aliphatic heterocycles. The van der Waals surface area contributed by atoms with Gasteiger partial charge in [0.2, 0.25) is 0 Å². The zero-order valence-electron chi connectivity index (χ0n) is 10.0. The van der Waals surface area contributed by atoms with E-state index in [1.807, 2.05) is 5.38 Å². The molecule has 0 saturated heterocycles. The van der Waals surface area contributed by atoms with E-state index in [1.54, 1.807) is 23.6 Å². The predicted molar refractivity (Wildman–Crippen MR) is 73.2 cm³/mol. The molecule has 0 spiro atoms. The smallest absolute Gasteiger partial charge is 0.268 e. The van der Waals surface area contributed by atoms with E-state index in [-0.39, 0.29) is 5.56 Å². The second kappa shape index (κ2) is 4.94. The van der Waals surface area contributed by atoms with Crippen molar-refractivity contribution in [1.82, 2.24) is 9.78 Å². The fraction of sp³-hybridized carbons (Fsp3) is 0.385. The SMILES string of the molecule is O=c1cc(NC2CC2)cnn1CCc1ccsc1. The monoisotopic (exact) mass is 261 g/mol. The minimum absolute atomic E-state index is 0.0316. The second-order valence-corrected chi connectivity index (χ2v) is 5.39. The number of anilines is 1. The number of aromatic nitrogens is 2. The van der Waals surface area contributed by atoms with Gasteiger partial charge in [-0.15, -0.1) is 0 Å². The molecule has 0 amide bonds. The molecule has 1 aliphatic rings. The van der Waals surface area contributed by atoms with Crippen molar-refractivity contribution in [2.75, 3.05) is 5.32 Å². The van der Waals surface area contributed by atoms with Gasteiger partial charge in [-0.25, -0.2) is 4.68 Å². The van der Waals surface area contributed by atoms with Crippen molar-refractivity contribution < 1.29 is 0 Å². The summed E-state index contributed by atoms with van der Waals surface area (Å²) in [5, 5.41) is 11.6. The molecule has 94 valence electrons. The Labute approximate surface area is 109 Å². The Hall–Kier alpha value is -1.62. The zero-order valence-corrected chi connectivity index (χ0v) is 10.8. The van der Waals surface area contributed by atoms with Crippen molar-refractivity contribution >= 4 is 17.0 Å². The summed E-state index contributed by atoms with van der Waals surface area (Å²) in [5.74, 6) is 0. The highest BCUT2D eigenvalue weighted by Crippen LogP contribution is 2.23. The lowest BCUT2D eigenvalue weighted by atomic mass is 10.2. The third kappa shape index (κ3) is 2.79. The number of hydrogen-bond donors (Lipinski definition) is 1. The molecule has 1 fully saturated rings. The first kappa shape index (κ1) is 11.5. The number of thiophene rings is 1. The third-order valence-electron chi connectivity index (χ3n) is 3.01. The van der Waals surface area contributed by atoms with Gasteiger partial charge in [-0.05, 0) is 41.7 Å². The second-order valence-electron chi connectivity index (χ2n) is 4.61. The van der Waals surface area contributed by atoms with Gasteiger partial charge in [-0.2, -0.15) is 16.4 Å². The lowest BCUT2D eigenvalue weighted by molar-refractivity contribution is 0.579. The fourth-order valence-corrected chi connectivity index (χ4v) is 2.52. The van der Waals surface area contributed by atoms with Crippen molar-refractivity contribution in [2.45, 2.75) is 31.8 Å². The standard InChI is InChI=1S/C13H15N3OS/c17-13-7-12(15-11-1-2-11)8-14-16(13)5-3-10-4-6-18-9-10/h4,6-9,11,15H,1-3,5H2. The van der Waals surface area contributed by atoms with E-state index in [9.17, 15) is 4.79 Å². The Morgan fingerprint density at radius 1 is 1.50 bits per heavy atom. The molecule has 1 saturated carbocycles. The van der Waals surface area contributed by atoms with E-state index in [4.69, 9.17) is 0 Å². The van der Waals surface area contributed by atoms with Crippen molar-refractivity contribution in [3.8, 4) is 0 Å². The lowest BCUT2D eigenvalue weighted by Crippen LogP contribution is -2.23. The first-order valence-electron chi connectivity index (χ1n) is 6.16. The summed E-state index contributed by atoms with van der Waals surface area (Å²) in [6.07, 6.45) is 4.99. The summed E-state index contributed by atoms with van der Waals surface area (Å²) < 4.78 is 1.52. The van der Waals surface area contributed by atoms with Gasteiger partial charge in [-0.3, -0.25) is 4.79 Å². The molecule has 18 heavy (non-hydrogen) atoms. The summed E-state index contributed by atoms with van der Waals surface area (Å²) in [6.45, 7) is 0.638. The molecule has 0 atom stereocenters. The number of hydrogen-bond acceptors (Lipinski definition) is 4. The summed E-state index contributed by atoms with van der Waals surface area (Å²) in [4.78, 5) is 11.9. The number of aryl methyl sites for hydroxylation is 2. The third-order valence-corrected chi connectivity index (χ3v) is 3.74. The van der Waals surface area contributed by atoms with Crippen LogP contribution < -0.4 is 10.9 Å². The maximum atomic E-state index is 11.9. The molecule has 0 bridgehead atoms. The zero-order chi connectivity index (χ0) is 12.4. The van der Waals surface area contributed by atoms with Gasteiger partial charge in [0.25, 0.3) is 5.56 Å². The molecule has 1 N–H and O–H groups in total. The minimum Gasteiger partial charge on any atom is -0.381 e. The molecule has 2 heterocycles. The fourth-order valence-electron chi connectivity index (χ4n) is 1.81. The molecule has 0 aromatic carbocycles. The molecule has 3 rings (SSSR count). The van der Waals surface area contributed by atoms with Crippen LogP contribution in [0.3, 0.4) is 0 Å². The van der Waals surface area contributed by atoms with Crippen LogP contribution >= 0.6 is 11.3 Å². The topological polar surface area (TPSA) is 46.9 Å². The molecule has 4 nitrogen and oxygen atoms in total. The predicted octanol–water partition coefficient (Wildman–Crippen LogP) is 2.12. The van der Waals surface area contributed by atoms with E-state index in [0.717, 1.165) is 12.1 Å². The Bertz CT molecular complexity index is 572. The molecule has 5 heteroatoms. The molecule has 2 aromatic rings. The molecule has 0 radical (unpaired) electrons. The summed E-state index contributed by atoms with van der Waals surface area (Å²) in [7, 11) is 0. The van der Waals surface area contributed by atoms with Crippen LogP contribution in [0.15, 0.2) is 33.9 Å². The van der Waals surface area contributed by atoms with Crippen molar-refractivity contribution in [1.29, 1.82) is 0 Å². The van der Waals surface area contributed by atoms with Crippen molar-refractivity contribution in [3.63, 3.8) is 0 Å². The molecule has 0 unspecified atom stereocenters. The van der Waals surface area contributed by atoms with Gasteiger partial charge in [0, 0.05) is 18.7 Å². The lowest BCUT2D eigenvalue weighted by Gasteiger charge is -2.06. The van der Waals surface area contributed by atoms with Gasteiger partial charge in [0.15, 0.2) is 0 Å². The Balaban J connectivity index is 1.66. The van der Waals surface area contributed by atoms with E-state index < -0.39 is 0 Å². The first-order valence-corrected chi connectivity index (χ1v) is 7.10. The van der Waals surface area contributed by atoms with E-state index in [0.29, 0.717) is 12.6 Å². The van der Waals surface area contributed by atoms with Gasteiger partial charge in [0.1, 0.15) is 0 Å². The number of rotatable bonds is 5. The summed E-state index contributed by atoms with van der Waals surface area (Å²) in [6, 6.07) is 4.27. The summed E-state index contributed by atoms with van der Waals surface area (Å²) >= 11 is 1.68. The molecule has 1 aliphatic carbocycles. The van der Waals surface area contributed by atoms with Crippen LogP contribution in [0.25, 0.3) is 0 Å². The van der Waals surface area contributed by atoms with Gasteiger partial charge < -0.3 is 5.32 Å². The van der Waals surface area contributed by atoms with Crippen molar-refractivity contribution in [3.05, 3.63) is 45.0 Å². The van der Waals surface area contributed by atoms with E-state index >= 15 is 0 Å². The van der Waals surface area contributed by atoms with Crippen LogP contribution in [0.4, 0.5) is 5.69 Å². The van der Waals surface area contributed by atoms with E-state index in [2.05, 4.69) is 21.9 Å². The quantitative estimate of drug-likeness (QED) is 0.897. The maximum absolute atomic E-state index is 11.9. The van der Waals surface area contributed by atoms with Crippen LogP contribution in [0, 0.1) is 0 Å². The highest BCUT2D eigenvalue weighted by Gasteiger charge is 2.20. The van der Waals surface area contributed by atoms with Crippen molar-refractivity contribution in [2.24, 2.45) is 0 Å². The molecule has 2 aromatic heterocycles. The van der Waals surface area contributed by atoms with Crippen LogP contribution in [-0.2, 0) is 13.0 Å². The normalized spacial score (nSPS) is 14.7. The Morgan fingerprint density at radius 2 is 2.39 bits per heavy atom. The Morgan fingerprint density at radius 3 is 3.06 bits per heavy atom. The van der Waals surface area contributed by atoms with Crippen LogP contribution in [0.2, 0.25) is 0 Å². The highest BCUT2D eigenvalue weighted by molar-refractivity contribution is 7.07. The summed E-state index contributed by atoms with van der Waals surface area (Å²) in [5.41, 5.74) is 2.07. The average Bonchev–Trinajstić information content (AvgIpc) is 3.02. The van der Waals surface area contributed by atoms with Crippen LogP contribution in [0.5, 0.6) is 0 Å². The maximum Gasteiger partial charge on any atom is 0.268 e. The van der Waals surface area contributed by atoms with Gasteiger partial charge >= 0.3 is 0 Å². The van der Waals surface area contributed by atoms with Gasteiger partial charge in [0.05, 0.1) is 11.9 Å². The first-order chi connectivity index (χ1) is 8.81. The van der Waals surface area contributed by atoms with Crippen LogP contribution in [-0.4, -0.2) is 15.8 Å². The minimum atomic E-state index is -0.0316. The van der Waals surface area contributed by atoms with Crippen LogP contribution in [0.1, 0.15) is 18.4 Å². The largest absolute Gasteiger partial charge is 0.381 e. The molecular formula is C13H15N3OS. The molecular weight excluding hydrogens is 246 g/mol. The average molecular weight is 261 g/mol. The van der Waals surface area contributed by atoms with E-state index in [1.165, 1.54) is 23.1 Å². The Kier molecular flexibility index (Phi) is 3.15. The van der Waals surface area contributed by atoms with Gasteiger partial charge in [-0.1, -0.05) is 0 Å².